The fourth-order valence-corrected chi connectivity index (χ4v) is 2.89. The minimum atomic E-state index is -1.31. The molecule has 1 rings (SSSR count). The fraction of sp³-hybridized carbons (Fsp3) is 0.538. The fourth-order valence-electron chi connectivity index (χ4n) is 1.27. The maximum atomic E-state index is 5.77. The molecular weight excluding hydrogens is 277 g/mol. The summed E-state index contributed by atoms with van der Waals surface area (Å²) in [5, 5.41) is 0. The molecule has 0 saturated heterocycles. The third-order valence-electron chi connectivity index (χ3n) is 2.40. The maximum absolute atomic E-state index is 5.77. The molecular formula is C13H20O2Y. The van der Waals surface area contributed by atoms with E-state index in [2.05, 4.69) is 45.9 Å². The molecule has 0 amide bonds. The van der Waals surface area contributed by atoms with Gasteiger partial charge in [0.2, 0.25) is 0 Å². The van der Waals surface area contributed by atoms with E-state index in [1.165, 1.54) is 11.1 Å². The second kappa shape index (κ2) is 7.42. The van der Waals surface area contributed by atoms with Crippen LogP contribution in [0.4, 0.5) is 0 Å². The SMILES string of the molecule is Cc1ccc(C)c([O][Y][O]CCC(C)C)c1. The summed E-state index contributed by atoms with van der Waals surface area (Å²) in [7, 11) is 0. The Morgan fingerprint density at radius 2 is 2.00 bits per heavy atom. The summed E-state index contributed by atoms with van der Waals surface area (Å²) in [6.07, 6.45) is 1.13. The molecule has 1 aromatic rings. The summed E-state index contributed by atoms with van der Waals surface area (Å²) < 4.78 is 11.4. The molecule has 0 aromatic heterocycles. The molecule has 0 aliphatic carbocycles. The number of rotatable bonds is 6. The van der Waals surface area contributed by atoms with E-state index in [0.717, 1.165) is 18.8 Å². The van der Waals surface area contributed by atoms with Gasteiger partial charge in [0.15, 0.2) is 0 Å². The average Bonchev–Trinajstić information content (AvgIpc) is 2.22. The van der Waals surface area contributed by atoms with Gasteiger partial charge >= 0.3 is 116 Å². The zero-order valence-corrected chi connectivity index (χ0v) is 13.5. The van der Waals surface area contributed by atoms with Gasteiger partial charge in [-0.15, -0.1) is 0 Å². The van der Waals surface area contributed by atoms with E-state index in [4.69, 9.17) is 4.10 Å². The predicted molar refractivity (Wildman–Crippen MR) is 62.0 cm³/mol. The Morgan fingerprint density at radius 1 is 1.25 bits per heavy atom. The van der Waals surface area contributed by atoms with E-state index >= 15 is 0 Å². The molecule has 0 heterocycles. The van der Waals surface area contributed by atoms with Crippen LogP contribution in [-0.2, 0) is 32.3 Å². The van der Waals surface area contributed by atoms with Gasteiger partial charge in [0.25, 0.3) is 0 Å². The van der Waals surface area contributed by atoms with E-state index in [1.54, 1.807) is 0 Å². The van der Waals surface area contributed by atoms with Gasteiger partial charge in [-0.05, 0) is 0 Å². The predicted octanol–water partition coefficient (Wildman–Crippen LogP) is 3.66. The second-order valence-corrected chi connectivity index (χ2v) is 6.41. The number of hydrogen-bond acceptors (Lipinski definition) is 2. The first-order valence-electron chi connectivity index (χ1n) is 5.77. The van der Waals surface area contributed by atoms with Gasteiger partial charge < -0.3 is 0 Å². The standard InChI is InChI=1S/C8H10O.C5H11O.Y/c1-6-3-4-7(2)8(9)5-6;1-5(2)3-4-6;/h3-5,9H,1-2H3;5H,3-4H2,1-2H3;/q;-1;+2/p-1. The number of hydrogen-bond donors (Lipinski definition) is 0. The van der Waals surface area contributed by atoms with Gasteiger partial charge in [0.05, 0.1) is 0 Å². The Hall–Kier alpha value is 0.0839. The molecule has 0 N–H and O–H groups in total. The van der Waals surface area contributed by atoms with Crippen molar-refractivity contribution in [3.63, 3.8) is 0 Å². The molecule has 87 valence electrons. The van der Waals surface area contributed by atoms with Crippen molar-refractivity contribution in [3.05, 3.63) is 29.3 Å². The molecule has 0 spiro atoms. The third kappa shape index (κ3) is 5.42. The van der Waals surface area contributed by atoms with Crippen molar-refractivity contribution in [3.8, 4) is 5.75 Å². The van der Waals surface area contributed by atoms with Crippen molar-refractivity contribution >= 4 is 0 Å². The van der Waals surface area contributed by atoms with Gasteiger partial charge in [-0.3, -0.25) is 0 Å². The van der Waals surface area contributed by atoms with Crippen LogP contribution in [0.1, 0.15) is 31.4 Å². The van der Waals surface area contributed by atoms with Crippen molar-refractivity contribution < 1.29 is 34.3 Å². The van der Waals surface area contributed by atoms with Crippen molar-refractivity contribution in [1.29, 1.82) is 0 Å². The van der Waals surface area contributed by atoms with E-state index in [9.17, 15) is 0 Å². The van der Waals surface area contributed by atoms with Gasteiger partial charge in [-0.25, -0.2) is 0 Å². The van der Waals surface area contributed by atoms with Crippen LogP contribution in [0.5, 0.6) is 5.75 Å². The molecule has 1 aromatic carbocycles. The van der Waals surface area contributed by atoms with Crippen LogP contribution < -0.4 is 2.05 Å². The minimum absolute atomic E-state index is 0.712. The second-order valence-electron chi connectivity index (χ2n) is 4.54. The molecule has 16 heavy (non-hydrogen) atoms. The topological polar surface area (TPSA) is 18.5 Å². The molecule has 0 saturated carbocycles. The monoisotopic (exact) mass is 297 g/mol. The molecule has 0 radical (unpaired) electrons. The van der Waals surface area contributed by atoms with Crippen LogP contribution in [0.25, 0.3) is 0 Å². The van der Waals surface area contributed by atoms with Gasteiger partial charge in [0, 0.05) is 0 Å². The Bertz CT molecular complexity index is 324. The number of benzene rings is 1. The summed E-state index contributed by atoms with van der Waals surface area (Å²) in [5.41, 5.74) is 2.44. The van der Waals surface area contributed by atoms with Crippen LogP contribution in [-0.4, -0.2) is 6.61 Å². The van der Waals surface area contributed by atoms with Gasteiger partial charge in [0.1, 0.15) is 0 Å². The van der Waals surface area contributed by atoms with E-state index < -0.39 is 30.2 Å². The Labute approximate surface area is 115 Å². The van der Waals surface area contributed by atoms with Gasteiger partial charge in [-0.1, -0.05) is 0 Å². The summed E-state index contributed by atoms with van der Waals surface area (Å²) in [4.78, 5) is 0. The molecule has 0 atom stereocenters. The zero-order chi connectivity index (χ0) is 12.0. The van der Waals surface area contributed by atoms with E-state index in [-0.39, 0.29) is 0 Å². The first-order valence-corrected chi connectivity index (χ1v) is 8.08. The first kappa shape index (κ1) is 14.1. The molecule has 2 nitrogen and oxygen atoms in total. The van der Waals surface area contributed by atoms with E-state index in [1.807, 2.05) is 0 Å². The normalized spacial score (nSPS) is 10.3. The van der Waals surface area contributed by atoms with Crippen molar-refractivity contribution in [2.75, 3.05) is 6.61 Å². The quantitative estimate of drug-likeness (QED) is 0.746. The van der Waals surface area contributed by atoms with Crippen molar-refractivity contribution in [2.45, 2.75) is 34.1 Å². The average molecular weight is 297 g/mol. The molecule has 0 bridgehead atoms. The van der Waals surface area contributed by atoms with Crippen LogP contribution in [0.2, 0.25) is 0 Å². The molecule has 3 heteroatoms. The van der Waals surface area contributed by atoms with Crippen LogP contribution in [0, 0.1) is 19.8 Å². The Balaban J connectivity index is 2.29. The first-order chi connectivity index (χ1) is 7.59. The Morgan fingerprint density at radius 3 is 2.69 bits per heavy atom. The summed E-state index contributed by atoms with van der Waals surface area (Å²) >= 11 is -1.31. The van der Waals surface area contributed by atoms with Crippen LogP contribution in [0.3, 0.4) is 0 Å². The van der Waals surface area contributed by atoms with Crippen LogP contribution in [0.15, 0.2) is 18.2 Å². The zero-order valence-electron chi connectivity index (χ0n) is 10.6. The van der Waals surface area contributed by atoms with E-state index in [0.29, 0.717) is 5.92 Å². The molecule has 0 aliphatic rings. The summed E-state index contributed by atoms with van der Waals surface area (Å²) in [6, 6.07) is 6.30. The van der Waals surface area contributed by atoms with Gasteiger partial charge in [-0.2, -0.15) is 0 Å². The van der Waals surface area contributed by atoms with Crippen molar-refractivity contribution in [1.82, 2.24) is 0 Å². The Kier molecular flexibility index (Phi) is 6.56. The number of aryl methyl sites for hydroxylation is 2. The molecule has 0 fully saturated rings. The molecule has 0 aliphatic heterocycles. The summed E-state index contributed by atoms with van der Waals surface area (Å²) in [5.74, 6) is 1.72. The van der Waals surface area contributed by atoms with Crippen molar-refractivity contribution in [2.24, 2.45) is 5.92 Å². The summed E-state index contributed by atoms with van der Waals surface area (Å²) in [6.45, 7) is 9.43. The van der Waals surface area contributed by atoms with Crippen LogP contribution >= 0.6 is 0 Å². The third-order valence-corrected chi connectivity index (χ3v) is 4.17. The molecule has 0 unspecified atom stereocenters.